The first-order valence-electron chi connectivity index (χ1n) is 10.0. The van der Waals surface area contributed by atoms with Crippen LogP contribution in [0.3, 0.4) is 0 Å². The first kappa shape index (κ1) is 20.8. The Kier molecular flexibility index (Phi) is 6.43. The summed E-state index contributed by atoms with van der Waals surface area (Å²) >= 11 is 1.49. The molecule has 2 heterocycles. The van der Waals surface area contributed by atoms with Gasteiger partial charge >= 0.3 is 0 Å². The van der Waals surface area contributed by atoms with Crippen molar-refractivity contribution in [2.75, 3.05) is 31.1 Å². The highest BCUT2D eigenvalue weighted by molar-refractivity contribution is 7.10. The molecule has 31 heavy (non-hydrogen) atoms. The summed E-state index contributed by atoms with van der Waals surface area (Å²) in [5.74, 6) is -0.844. The molecule has 1 fully saturated rings. The molecule has 1 aliphatic rings. The number of para-hydroxylation sites is 1. The maximum Gasteiger partial charge on any atom is 0.270 e. The van der Waals surface area contributed by atoms with Crippen molar-refractivity contribution < 1.29 is 14.0 Å². The van der Waals surface area contributed by atoms with Gasteiger partial charge in [-0.1, -0.05) is 36.4 Å². The Bertz CT molecular complexity index is 1080. The van der Waals surface area contributed by atoms with E-state index < -0.39 is 0 Å². The Morgan fingerprint density at radius 3 is 2.29 bits per heavy atom. The number of hydrogen-bond acceptors (Lipinski definition) is 4. The second-order valence-electron chi connectivity index (χ2n) is 7.12. The SMILES string of the molecule is O=C(N/C(=C\c1cccs1)C(=O)N1CCN(c2ccccc2F)CC1)c1ccccc1. The summed E-state index contributed by atoms with van der Waals surface area (Å²) in [4.78, 5) is 30.4. The molecule has 2 aromatic carbocycles. The molecule has 158 valence electrons. The van der Waals surface area contributed by atoms with Crippen molar-refractivity contribution in [1.82, 2.24) is 10.2 Å². The van der Waals surface area contributed by atoms with Gasteiger partial charge in [0, 0.05) is 36.6 Å². The monoisotopic (exact) mass is 435 g/mol. The minimum absolute atomic E-state index is 0.232. The van der Waals surface area contributed by atoms with Crippen molar-refractivity contribution in [3.63, 3.8) is 0 Å². The van der Waals surface area contributed by atoms with Crippen molar-refractivity contribution in [2.24, 2.45) is 0 Å². The smallest absolute Gasteiger partial charge is 0.270 e. The number of nitrogens with zero attached hydrogens (tertiary/aromatic N) is 2. The molecule has 0 radical (unpaired) electrons. The maximum atomic E-state index is 14.1. The predicted octanol–water partition coefficient (Wildman–Crippen LogP) is 4.01. The van der Waals surface area contributed by atoms with Crippen LogP contribution in [0.25, 0.3) is 6.08 Å². The van der Waals surface area contributed by atoms with E-state index in [9.17, 15) is 14.0 Å². The fourth-order valence-electron chi connectivity index (χ4n) is 3.48. The van der Waals surface area contributed by atoms with Crippen LogP contribution in [0.4, 0.5) is 10.1 Å². The average molecular weight is 436 g/mol. The van der Waals surface area contributed by atoms with Gasteiger partial charge in [-0.2, -0.15) is 0 Å². The Morgan fingerprint density at radius 1 is 0.903 bits per heavy atom. The number of nitrogens with one attached hydrogen (secondary N) is 1. The summed E-state index contributed by atoms with van der Waals surface area (Å²) in [6, 6.07) is 19.2. The number of anilines is 1. The van der Waals surface area contributed by atoms with Gasteiger partial charge in [-0.25, -0.2) is 4.39 Å². The van der Waals surface area contributed by atoms with E-state index in [1.165, 1.54) is 17.4 Å². The van der Waals surface area contributed by atoms with Crippen LogP contribution in [-0.2, 0) is 4.79 Å². The van der Waals surface area contributed by atoms with Gasteiger partial charge in [0.25, 0.3) is 11.8 Å². The Morgan fingerprint density at radius 2 is 1.61 bits per heavy atom. The minimum Gasteiger partial charge on any atom is -0.366 e. The summed E-state index contributed by atoms with van der Waals surface area (Å²) in [7, 11) is 0. The summed E-state index contributed by atoms with van der Waals surface area (Å²) < 4.78 is 14.1. The number of amides is 2. The number of thiophene rings is 1. The van der Waals surface area contributed by atoms with E-state index in [0.29, 0.717) is 37.4 Å². The molecule has 1 aromatic heterocycles. The molecule has 0 unspecified atom stereocenters. The van der Waals surface area contributed by atoms with E-state index in [4.69, 9.17) is 0 Å². The molecular weight excluding hydrogens is 413 g/mol. The zero-order valence-electron chi connectivity index (χ0n) is 16.8. The molecule has 0 aliphatic carbocycles. The predicted molar refractivity (Wildman–Crippen MR) is 121 cm³/mol. The number of hydrogen-bond donors (Lipinski definition) is 1. The van der Waals surface area contributed by atoms with E-state index in [-0.39, 0.29) is 23.3 Å². The van der Waals surface area contributed by atoms with E-state index in [1.807, 2.05) is 28.5 Å². The molecule has 1 aliphatic heterocycles. The van der Waals surface area contributed by atoms with Crippen LogP contribution in [0.2, 0.25) is 0 Å². The number of carbonyl (C=O) groups is 2. The van der Waals surface area contributed by atoms with Gasteiger partial charge in [-0.05, 0) is 41.8 Å². The van der Waals surface area contributed by atoms with Gasteiger partial charge in [-0.15, -0.1) is 11.3 Å². The third kappa shape index (κ3) is 5.00. The van der Waals surface area contributed by atoms with E-state index >= 15 is 0 Å². The average Bonchev–Trinajstić information content (AvgIpc) is 3.32. The van der Waals surface area contributed by atoms with Crippen LogP contribution in [0.15, 0.2) is 77.8 Å². The summed E-state index contributed by atoms with van der Waals surface area (Å²) in [5, 5.41) is 4.70. The largest absolute Gasteiger partial charge is 0.366 e. The number of rotatable bonds is 5. The second-order valence-corrected chi connectivity index (χ2v) is 8.10. The normalized spacial score (nSPS) is 14.4. The number of piperazine rings is 1. The zero-order chi connectivity index (χ0) is 21.6. The van der Waals surface area contributed by atoms with E-state index in [1.54, 1.807) is 53.4 Å². The third-order valence-corrected chi connectivity index (χ3v) is 5.92. The first-order chi connectivity index (χ1) is 15.1. The second kappa shape index (κ2) is 9.57. The van der Waals surface area contributed by atoms with Crippen molar-refractivity contribution >= 4 is 34.9 Å². The highest BCUT2D eigenvalue weighted by atomic mass is 32.1. The lowest BCUT2D eigenvalue weighted by molar-refractivity contribution is -0.127. The molecule has 4 rings (SSSR count). The standard InChI is InChI=1S/C24H22FN3O2S/c25-20-10-4-5-11-22(20)27-12-14-28(15-13-27)24(30)21(17-19-9-6-16-31-19)26-23(29)18-7-2-1-3-8-18/h1-11,16-17H,12-15H2,(H,26,29)/b21-17-. The molecule has 2 amide bonds. The topological polar surface area (TPSA) is 52.7 Å². The Hall–Kier alpha value is -3.45. The van der Waals surface area contributed by atoms with Gasteiger partial charge in [-0.3, -0.25) is 9.59 Å². The molecule has 0 atom stereocenters. The van der Waals surface area contributed by atoms with Gasteiger partial charge < -0.3 is 15.1 Å². The lowest BCUT2D eigenvalue weighted by Gasteiger charge is -2.36. The van der Waals surface area contributed by atoms with Crippen LogP contribution in [-0.4, -0.2) is 42.9 Å². The van der Waals surface area contributed by atoms with Gasteiger partial charge in [0.1, 0.15) is 11.5 Å². The quantitative estimate of drug-likeness (QED) is 0.616. The first-order valence-corrected chi connectivity index (χ1v) is 10.9. The van der Waals surface area contributed by atoms with E-state index in [0.717, 1.165) is 4.88 Å². The lowest BCUT2D eigenvalue weighted by atomic mass is 10.2. The summed E-state index contributed by atoms with van der Waals surface area (Å²) in [6.45, 7) is 1.92. The summed E-state index contributed by atoms with van der Waals surface area (Å²) in [5.41, 5.74) is 1.26. The van der Waals surface area contributed by atoms with Gasteiger partial charge in [0.15, 0.2) is 0 Å². The highest BCUT2D eigenvalue weighted by Crippen LogP contribution is 2.21. The van der Waals surface area contributed by atoms with Gasteiger partial charge in [0.05, 0.1) is 5.69 Å². The lowest BCUT2D eigenvalue weighted by Crippen LogP contribution is -2.50. The Balaban J connectivity index is 1.49. The number of carbonyl (C=O) groups excluding carboxylic acids is 2. The maximum absolute atomic E-state index is 14.1. The molecule has 7 heteroatoms. The van der Waals surface area contributed by atoms with Crippen LogP contribution in [0, 0.1) is 5.82 Å². The molecule has 1 N–H and O–H groups in total. The third-order valence-electron chi connectivity index (χ3n) is 5.10. The van der Waals surface area contributed by atoms with E-state index in [2.05, 4.69) is 5.32 Å². The molecular formula is C24H22FN3O2S. The molecule has 1 saturated heterocycles. The van der Waals surface area contributed by atoms with Crippen molar-refractivity contribution in [2.45, 2.75) is 0 Å². The number of benzene rings is 2. The van der Waals surface area contributed by atoms with Crippen LogP contribution in [0.1, 0.15) is 15.2 Å². The van der Waals surface area contributed by atoms with Crippen molar-refractivity contribution in [1.29, 1.82) is 0 Å². The van der Waals surface area contributed by atoms with Crippen LogP contribution < -0.4 is 10.2 Å². The van der Waals surface area contributed by atoms with Crippen molar-refractivity contribution in [3.05, 3.63) is 94.1 Å². The zero-order valence-corrected chi connectivity index (χ0v) is 17.6. The van der Waals surface area contributed by atoms with Crippen LogP contribution in [0.5, 0.6) is 0 Å². The molecule has 3 aromatic rings. The summed E-state index contributed by atoms with van der Waals surface area (Å²) in [6.07, 6.45) is 1.71. The number of halogens is 1. The van der Waals surface area contributed by atoms with Crippen molar-refractivity contribution in [3.8, 4) is 0 Å². The Labute approximate surface area is 184 Å². The highest BCUT2D eigenvalue weighted by Gasteiger charge is 2.26. The molecule has 0 bridgehead atoms. The fourth-order valence-corrected chi connectivity index (χ4v) is 4.14. The molecule has 0 spiro atoms. The van der Waals surface area contributed by atoms with Gasteiger partial charge in [0.2, 0.25) is 0 Å². The fraction of sp³-hybridized carbons (Fsp3) is 0.167. The minimum atomic E-state index is -0.332. The molecule has 5 nitrogen and oxygen atoms in total. The molecule has 0 saturated carbocycles. The van der Waals surface area contributed by atoms with Crippen LogP contribution >= 0.6 is 11.3 Å².